The standard InChI is InChI=1S/C17H27N3O/c1-14-6-5-11-20(13-14)17(18)19-10-4-8-15-7-3-9-16(12-15)21-2/h3,7,9,12,14H,4-6,8,10-11,13H2,1-2H3,(H2,18,19). The van der Waals surface area contributed by atoms with Crippen LogP contribution in [0, 0.1) is 5.92 Å². The summed E-state index contributed by atoms with van der Waals surface area (Å²) in [6.45, 7) is 5.16. The summed E-state index contributed by atoms with van der Waals surface area (Å²) in [5.41, 5.74) is 7.38. The number of hydrogen-bond acceptors (Lipinski definition) is 2. The Kier molecular flexibility index (Phi) is 5.90. The molecule has 1 fully saturated rings. The van der Waals surface area contributed by atoms with Gasteiger partial charge in [-0.15, -0.1) is 0 Å². The number of aryl methyl sites for hydroxylation is 1. The Morgan fingerprint density at radius 3 is 3.10 bits per heavy atom. The van der Waals surface area contributed by atoms with E-state index >= 15 is 0 Å². The fourth-order valence-corrected chi connectivity index (χ4v) is 2.80. The van der Waals surface area contributed by atoms with E-state index in [0.29, 0.717) is 5.96 Å². The number of likely N-dealkylation sites (tertiary alicyclic amines) is 1. The summed E-state index contributed by atoms with van der Waals surface area (Å²) in [4.78, 5) is 6.75. The topological polar surface area (TPSA) is 50.9 Å². The van der Waals surface area contributed by atoms with Crippen LogP contribution in [-0.2, 0) is 6.42 Å². The molecule has 0 radical (unpaired) electrons. The molecule has 2 N–H and O–H groups in total. The number of piperidine rings is 1. The molecule has 2 rings (SSSR count). The fraction of sp³-hybridized carbons (Fsp3) is 0.588. The summed E-state index contributed by atoms with van der Waals surface area (Å²) in [7, 11) is 1.70. The zero-order valence-corrected chi connectivity index (χ0v) is 13.2. The summed E-state index contributed by atoms with van der Waals surface area (Å²) in [6.07, 6.45) is 4.54. The highest BCUT2D eigenvalue weighted by Gasteiger charge is 2.17. The Hall–Kier alpha value is -1.71. The van der Waals surface area contributed by atoms with Gasteiger partial charge in [0.15, 0.2) is 5.96 Å². The van der Waals surface area contributed by atoms with Crippen molar-refractivity contribution in [2.75, 3.05) is 26.7 Å². The first-order valence-corrected chi connectivity index (χ1v) is 7.87. The SMILES string of the molecule is COc1cccc(CCCN=C(N)N2CCCC(C)C2)c1. The number of rotatable bonds is 5. The van der Waals surface area contributed by atoms with Crippen LogP contribution in [0.15, 0.2) is 29.3 Å². The van der Waals surface area contributed by atoms with Crippen molar-refractivity contribution in [3.8, 4) is 5.75 Å². The average molecular weight is 289 g/mol. The molecule has 0 amide bonds. The normalized spacial score (nSPS) is 19.6. The molecule has 1 aliphatic heterocycles. The molecule has 0 aromatic heterocycles. The molecule has 0 saturated carbocycles. The molecule has 0 spiro atoms. The van der Waals surface area contributed by atoms with Gasteiger partial charge in [-0.05, 0) is 49.3 Å². The predicted molar refractivity (Wildman–Crippen MR) is 87.8 cm³/mol. The van der Waals surface area contributed by atoms with Gasteiger partial charge in [-0.3, -0.25) is 4.99 Å². The number of nitrogens with zero attached hydrogens (tertiary/aromatic N) is 2. The van der Waals surface area contributed by atoms with E-state index in [0.717, 1.165) is 44.1 Å². The fourth-order valence-electron chi connectivity index (χ4n) is 2.80. The molecule has 1 aliphatic rings. The van der Waals surface area contributed by atoms with Crippen LogP contribution < -0.4 is 10.5 Å². The highest BCUT2D eigenvalue weighted by Crippen LogP contribution is 2.15. The molecule has 1 unspecified atom stereocenters. The van der Waals surface area contributed by atoms with Crippen molar-refractivity contribution in [2.45, 2.75) is 32.6 Å². The Balaban J connectivity index is 1.76. The second-order valence-electron chi connectivity index (χ2n) is 5.89. The number of methoxy groups -OCH3 is 1. The summed E-state index contributed by atoms with van der Waals surface area (Å²) in [6, 6.07) is 8.21. The maximum absolute atomic E-state index is 6.09. The number of nitrogens with two attached hydrogens (primary N) is 1. The lowest BCUT2D eigenvalue weighted by Crippen LogP contribution is -2.43. The van der Waals surface area contributed by atoms with E-state index in [2.05, 4.69) is 28.9 Å². The summed E-state index contributed by atoms with van der Waals surface area (Å²) in [5.74, 6) is 2.36. The lowest BCUT2D eigenvalue weighted by molar-refractivity contribution is 0.270. The van der Waals surface area contributed by atoms with Crippen LogP contribution in [0.2, 0.25) is 0 Å². The smallest absolute Gasteiger partial charge is 0.191 e. The molecule has 1 aromatic rings. The largest absolute Gasteiger partial charge is 0.497 e. The highest BCUT2D eigenvalue weighted by atomic mass is 16.5. The van der Waals surface area contributed by atoms with Crippen LogP contribution in [0.3, 0.4) is 0 Å². The van der Waals surface area contributed by atoms with Crippen LogP contribution >= 0.6 is 0 Å². The van der Waals surface area contributed by atoms with Gasteiger partial charge in [0, 0.05) is 19.6 Å². The number of aliphatic imine (C=N–C) groups is 1. The Morgan fingerprint density at radius 1 is 1.48 bits per heavy atom. The van der Waals surface area contributed by atoms with Crippen LogP contribution in [0.5, 0.6) is 5.75 Å². The van der Waals surface area contributed by atoms with Gasteiger partial charge in [-0.2, -0.15) is 0 Å². The van der Waals surface area contributed by atoms with E-state index in [9.17, 15) is 0 Å². The number of benzene rings is 1. The van der Waals surface area contributed by atoms with Crippen molar-refractivity contribution in [1.29, 1.82) is 0 Å². The van der Waals surface area contributed by atoms with E-state index in [1.54, 1.807) is 7.11 Å². The van der Waals surface area contributed by atoms with Crippen molar-refractivity contribution < 1.29 is 4.74 Å². The molecule has 0 bridgehead atoms. The number of hydrogen-bond donors (Lipinski definition) is 1. The van der Waals surface area contributed by atoms with Crippen LogP contribution in [-0.4, -0.2) is 37.6 Å². The molecule has 0 aliphatic carbocycles. The van der Waals surface area contributed by atoms with Gasteiger partial charge in [-0.25, -0.2) is 0 Å². The van der Waals surface area contributed by atoms with Crippen LogP contribution in [0.1, 0.15) is 31.7 Å². The van der Waals surface area contributed by atoms with Crippen LogP contribution in [0.25, 0.3) is 0 Å². The van der Waals surface area contributed by atoms with E-state index in [-0.39, 0.29) is 0 Å². The monoisotopic (exact) mass is 289 g/mol. The Bertz CT molecular complexity index is 473. The van der Waals surface area contributed by atoms with Gasteiger partial charge in [-0.1, -0.05) is 19.1 Å². The zero-order chi connectivity index (χ0) is 15.1. The average Bonchev–Trinajstić information content (AvgIpc) is 2.51. The van der Waals surface area contributed by atoms with Gasteiger partial charge < -0.3 is 15.4 Å². The maximum atomic E-state index is 6.09. The summed E-state index contributed by atoms with van der Waals surface area (Å²) in [5, 5.41) is 0. The second kappa shape index (κ2) is 7.91. The summed E-state index contributed by atoms with van der Waals surface area (Å²) >= 11 is 0. The van der Waals surface area contributed by atoms with Crippen molar-refractivity contribution in [3.05, 3.63) is 29.8 Å². The zero-order valence-electron chi connectivity index (χ0n) is 13.2. The molecule has 1 saturated heterocycles. The highest BCUT2D eigenvalue weighted by molar-refractivity contribution is 5.78. The molecule has 1 atom stereocenters. The minimum absolute atomic E-state index is 0.715. The van der Waals surface area contributed by atoms with E-state index in [1.807, 2.05) is 12.1 Å². The van der Waals surface area contributed by atoms with Crippen molar-refractivity contribution >= 4 is 5.96 Å². The first-order chi connectivity index (χ1) is 10.2. The van der Waals surface area contributed by atoms with E-state index in [4.69, 9.17) is 10.5 Å². The first kappa shape index (κ1) is 15.7. The molecule has 1 heterocycles. The van der Waals surface area contributed by atoms with Gasteiger partial charge in [0.25, 0.3) is 0 Å². The Morgan fingerprint density at radius 2 is 2.33 bits per heavy atom. The molecular weight excluding hydrogens is 262 g/mol. The third-order valence-electron chi connectivity index (χ3n) is 4.01. The number of guanidine groups is 1. The predicted octanol–water partition coefficient (Wildman–Crippen LogP) is 2.67. The second-order valence-corrected chi connectivity index (χ2v) is 5.89. The molecule has 21 heavy (non-hydrogen) atoms. The molecule has 1 aromatic carbocycles. The molecule has 4 heteroatoms. The van der Waals surface area contributed by atoms with E-state index in [1.165, 1.54) is 18.4 Å². The van der Waals surface area contributed by atoms with Crippen molar-refractivity contribution in [1.82, 2.24) is 4.90 Å². The van der Waals surface area contributed by atoms with E-state index < -0.39 is 0 Å². The van der Waals surface area contributed by atoms with Gasteiger partial charge in [0.2, 0.25) is 0 Å². The van der Waals surface area contributed by atoms with Gasteiger partial charge in [0.1, 0.15) is 5.75 Å². The minimum atomic E-state index is 0.715. The lowest BCUT2D eigenvalue weighted by Gasteiger charge is -2.31. The molecule has 4 nitrogen and oxygen atoms in total. The molecular formula is C17H27N3O. The maximum Gasteiger partial charge on any atom is 0.191 e. The van der Waals surface area contributed by atoms with Crippen molar-refractivity contribution in [2.24, 2.45) is 16.6 Å². The quantitative estimate of drug-likeness (QED) is 0.515. The third-order valence-corrected chi connectivity index (χ3v) is 4.01. The van der Waals surface area contributed by atoms with Crippen LogP contribution in [0.4, 0.5) is 0 Å². The first-order valence-electron chi connectivity index (χ1n) is 7.87. The van der Waals surface area contributed by atoms with Gasteiger partial charge >= 0.3 is 0 Å². The number of ether oxygens (including phenoxy) is 1. The minimum Gasteiger partial charge on any atom is -0.497 e. The molecule has 116 valence electrons. The Labute approximate surface area is 128 Å². The summed E-state index contributed by atoms with van der Waals surface area (Å²) < 4.78 is 5.23. The van der Waals surface area contributed by atoms with Gasteiger partial charge in [0.05, 0.1) is 7.11 Å². The third kappa shape index (κ3) is 4.96. The lowest BCUT2D eigenvalue weighted by atomic mass is 10.0. The van der Waals surface area contributed by atoms with Crippen molar-refractivity contribution in [3.63, 3.8) is 0 Å².